The van der Waals surface area contributed by atoms with Gasteiger partial charge in [-0.25, -0.2) is 15.8 Å². The van der Waals surface area contributed by atoms with Gasteiger partial charge in [0.25, 0.3) is 0 Å². The number of piperazine rings is 1. The molecule has 3 N–H and O–H groups in total. The van der Waals surface area contributed by atoms with E-state index in [0.29, 0.717) is 19.1 Å². The molecule has 1 saturated heterocycles. The summed E-state index contributed by atoms with van der Waals surface area (Å²) in [6, 6.07) is 2.12. The molecular weight excluding hydrogens is 285 g/mol. The second kappa shape index (κ2) is 5.30. The van der Waals surface area contributed by atoms with Crippen LogP contribution in [0.4, 0.5) is 24.8 Å². The van der Waals surface area contributed by atoms with Crippen LogP contribution in [0.5, 0.6) is 0 Å². The van der Waals surface area contributed by atoms with E-state index in [1.165, 1.54) is 18.9 Å². The molecule has 1 aliphatic carbocycles. The summed E-state index contributed by atoms with van der Waals surface area (Å²) in [6.45, 7) is 3.02. The van der Waals surface area contributed by atoms with Gasteiger partial charge in [0.2, 0.25) is 5.82 Å². The molecule has 2 aliphatic rings. The number of nitrogens with zero attached hydrogens (tertiary/aromatic N) is 4. The standard InChI is InChI=1S/C12H17F3N6/c13-12(14,15)11-17-9(19-16)7-10(18-11)21-5-3-20(4-6-21)8-1-2-8/h7-8H,1-6,16H2,(H,17,18,19). The average molecular weight is 302 g/mol. The van der Waals surface area contributed by atoms with Crippen LogP contribution in [0, 0.1) is 0 Å². The van der Waals surface area contributed by atoms with Crippen LogP contribution < -0.4 is 16.2 Å². The number of nitrogens with two attached hydrogens (primary N) is 1. The summed E-state index contributed by atoms with van der Waals surface area (Å²) in [7, 11) is 0. The fourth-order valence-electron chi connectivity index (χ4n) is 2.55. The Labute approximate surface area is 120 Å². The number of anilines is 2. The lowest BCUT2D eigenvalue weighted by atomic mass is 10.3. The van der Waals surface area contributed by atoms with Crippen LogP contribution >= 0.6 is 0 Å². The van der Waals surface area contributed by atoms with Crippen molar-refractivity contribution in [3.63, 3.8) is 0 Å². The first-order chi connectivity index (χ1) is 9.97. The fraction of sp³-hybridized carbons (Fsp3) is 0.667. The highest BCUT2D eigenvalue weighted by Crippen LogP contribution is 2.31. The molecule has 1 aliphatic heterocycles. The van der Waals surface area contributed by atoms with Crippen LogP contribution in [-0.4, -0.2) is 47.1 Å². The summed E-state index contributed by atoms with van der Waals surface area (Å²) >= 11 is 0. The Bertz CT molecular complexity index is 508. The van der Waals surface area contributed by atoms with E-state index in [9.17, 15) is 13.2 Å². The van der Waals surface area contributed by atoms with Crippen molar-refractivity contribution in [1.82, 2.24) is 14.9 Å². The van der Waals surface area contributed by atoms with Gasteiger partial charge in [-0.3, -0.25) is 4.90 Å². The number of halogens is 3. The predicted molar refractivity (Wildman–Crippen MR) is 71.7 cm³/mol. The van der Waals surface area contributed by atoms with E-state index in [0.717, 1.165) is 13.1 Å². The number of alkyl halides is 3. The van der Waals surface area contributed by atoms with Gasteiger partial charge in [0.05, 0.1) is 0 Å². The Balaban J connectivity index is 1.78. The van der Waals surface area contributed by atoms with E-state index in [-0.39, 0.29) is 11.6 Å². The molecule has 2 fully saturated rings. The van der Waals surface area contributed by atoms with Gasteiger partial charge in [-0.05, 0) is 12.8 Å². The van der Waals surface area contributed by atoms with Crippen molar-refractivity contribution in [2.24, 2.45) is 5.84 Å². The molecule has 9 heteroatoms. The highest BCUT2D eigenvalue weighted by Gasteiger charge is 2.36. The third kappa shape index (κ3) is 3.18. The van der Waals surface area contributed by atoms with Crippen molar-refractivity contribution in [3.05, 3.63) is 11.9 Å². The molecule has 3 rings (SSSR count). The van der Waals surface area contributed by atoms with E-state index in [1.54, 1.807) is 0 Å². The Kier molecular flexibility index (Phi) is 3.62. The second-order valence-corrected chi connectivity index (χ2v) is 5.33. The molecule has 21 heavy (non-hydrogen) atoms. The summed E-state index contributed by atoms with van der Waals surface area (Å²) in [5, 5.41) is 0. The molecule has 0 aromatic carbocycles. The highest BCUT2D eigenvalue weighted by molar-refractivity contribution is 5.49. The third-order valence-corrected chi connectivity index (χ3v) is 3.82. The van der Waals surface area contributed by atoms with Crippen molar-refractivity contribution < 1.29 is 13.2 Å². The summed E-state index contributed by atoms with van der Waals surface area (Å²) in [4.78, 5) is 11.2. The van der Waals surface area contributed by atoms with Crippen LogP contribution in [0.2, 0.25) is 0 Å². The van der Waals surface area contributed by atoms with E-state index in [1.807, 2.05) is 4.90 Å². The molecule has 1 aromatic rings. The van der Waals surface area contributed by atoms with Gasteiger partial charge in [0.15, 0.2) is 0 Å². The number of hydrogen-bond acceptors (Lipinski definition) is 6. The van der Waals surface area contributed by atoms with Crippen LogP contribution in [0.25, 0.3) is 0 Å². The topological polar surface area (TPSA) is 70.3 Å². The third-order valence-electron chi connectivity index (χ3n) is 3.82. The summed E-state index contributed by atoms with van der Waals surface area (Å²) in [5.74, 6) is 4.26. The minimum atomic E-state index is -4.59. The quantitative estimate of drug-likeness (QED) is 0.643. The lowest BCUT2D eigenvalue weighted by Gasteiger charge is -2.35. The molecule has 0 spiro atoms. The Hall–Kier alpha value is -1.61. The lowest BCUT2D eigenvalue weighted by molar-refractivity contribution is -0.144. The number of aromatic nitrogens is 2. The second-order valence-electron chi connectivity index (χ2n) is 5.33. The molecule has 0 unspecified atom stereocenters. The van der Waals surface area contributed by atoms with E-state index < -0.39 is 12.0 Å². The van der Waals surface area contributed by atoms with Gasteiger partial charge in [0.1, 0.15) is 11.6 Å². The van der Waals surface area contributed by atoms with Gasteiger partial charge in [-0.15, -0.1) is 0 Å². The van der Waals surface area contributed by atoms with Crippen molar-refractivity contribution in [3.8, 4) is 0 Å². The molecule has 0 amide bonds. The largest absolute Gasteiger partial charge is 0.451 e. The first kappa shape index (κ1) is 14.3. The number of hydrazine groups is 1. The highest BCUT2D eigenvalue weighted by atomic mass is 19.4. The molecule has 0 bridgehead atoms. The van der Waals surface area contributed by atoms with Crippen LogP contribution in [0.15, 0.2) is 6.07 Å². The van der Waals surface area contributed by atoms with Crippen molar-refractivity contribution in [1.29, 1.82) is 0 Å². The maximum atomic E-state index is 12.8. The Morgan fingerprint density at radius 3 is 2.33 bits per heavy atom. The molecular formula is C12H17F3N6. The monoisotopic (exact) mass is 302 g/mol. The average Bonchev–Trinajstić information content (AvgIpc) is 3.30. The van der Waals surface area contributed by atoms with E-state index in [4.69, 9.17) is 5.84 Å². The number of nitrogen functional groups attached to an aromatic ring is 1. The first-order valence-corrected chi connectivity index (χ1v) is 6.89. The smallest absolute Gasteiger partial charge is 0.354 e. The van der Waals surface area contributed by atoms with Crippen molar-refractivity contribution in [2.75, 3.05) is 36.5 Å². The summed E-state index contributed by atoms with van der Waals surface area (Å²) in [5.41, 5.74) is 2.17. The molecule has 1 saturated carbocycles. The fourth-order valence-corrected chi connectivity index (χ4v) is 2.55. The van der Waals surface area contributed by atoms with Crippen molar-refractivity contribution in [2.45, 2.75) is 25.1 Å². The lowest BCUT2D eigenvalue weighted by Crippen LogP contribution is -2.47. The van der Waals surface area contributed by atoms with Gasteiger partial charge in [-0.1, -0.05) is 0 Å². The molecule has 1 aromatic heterocycles. The van der Waals surface area contributed by atoms with Gasteiger partial charge in [0, 0.05) is 38.3 Å². The van der Waals surface area contributed by atoms with E-state index >= 15 is 0 Å². The first-order valence-electron chi connectivity index (χ1n) is 6.89. The molecule has 0 radical (unpaired) electrons. The van der Waals surface area contributed by atoms with Crippen LogP contribution in [0.3, 0.4) is 0 Å². The zero-order chi connectivity index (χ0) is 15.0. The van der Waals surface area contributed by atoms with E-state index in [2.05, 4.69) is 20.3 Å². The molecule has 2 heterocycles. The minimum absolute atomic E-state index is 0.0306. The minimum Gasteiger partial charge on any atom is -0.354 e. The van der Waals surface area contributed by atoms with Crippen LogP contribution in [-0.2, 0) is 6.18 Å². The zero-order valence-electron chi connectivity index (χ0n) is 11.4. The predicted octanol–water partition coefficient (Wildman–Crippen LogP) is 1.07. The Morgan fingerprint density at radius 1 is 1.14 bits per heavy atom. The normalized spacial score (nSPS) is 20.7. The van der Waals surface area contributed by atoms with Crippen LogP contribution in [0.1, 0.15) is 18.7 Å². The Morgan fingerprint density at radius 2 is 1.81 bits per heavy atom. The SMILES string of the molecule is NNc1cc(N2CCN(C3CC3)CC2)nc(C(F)(F)F)n1. The van der Waals surface area contributed by atoms with Crippen molar-refractivity contribution >= 4 is 11.6 Å². The number of rotatable bonds is 3. The molecule has 0 atom stereocenters. The maximum Gasteiger partial charge on any atom is 0.451 e. The van der Waals surface area contributed by atoms with Gasteiger partial charge in [-0.2, -0.15) is 13.2 Å². The van der Waals surface area contributed by atoms with Gasteiger partial charge < -0.3 is 10.3 Å². The van der Waals surface area contributed by atoms with Gasteiger partial charge >= 0.3 is 6.18 Å². The maximum absolute atomic E-state index is 12.8. The summed E-state index contributed by atoms with van der Waals surface area (Å²) in [6.07, 6.45) is -2.13. The zero-order valence-corrected chi connectivity index (χ0v) is 11.4. The number of nitrogens with one attached hydrogen (secondary N) is 1. The molecule has 116 valence electrons. The number of hydrogen-bond donors (Lipinski definition) is 2. The summed E-state index contributed by atoms with van der Waals surface area (Å²) < 4.78 is 38.4. The molecule has 6 nitrogen and oxygen atoms in total.